The number of para-hydroxylation sites is 1. The second-order valence-corrected chi connectivity index (χ2v) is 8.20. The molecule has 1 atom stereocenters. The van der Waals surface area contributed by atoms with Gasteiger partial charge in [0.25, 0.3) is 0 Å². The summed E-state index contributed by atoms with van der Waals surface area (Å²) in [7, 11) is 0. The highest BCUT2D eigenvalue weighted by Gasteiger charge is 2.37. The third-order valence-corrected chi connectivity index (χ3v) is 6.72. The summed E-state index contributed by atoms with van der Waals surface area (Å²) in [5, 5.41) is 0.0309. The van der Waals surface area contributed by atoms with Crippen molar-refractivity contribution in [3.63, 3.8) is 0 Å². The molecule has 2 saturated heterocycles. The summed E-state index contributed by atoms with van der Waals surface area (Å²) in [6, 6.07) is 8.53. The van der Waals surface area contributed by atoms with Gasteiger partial charge in [0.15, 0.2) is 4.34 Å². The van der Waals surface area contributed by atoms with Crippen LogP contribution in [0.2, 0.25) is 0 Å². The van der Waals surface area contributed by atoms with Crippen LogP contribution in [0.15, 0.2) is 28.6 Å². The van der Waals surface area contributed by atoms with Crippen molar-refractivity contribution in [2.75, 3.05) is 19.8 Å². The first-order chi connectivity index (χ1) is 10.8. The number of thioether (sulfide) groups is 1. The van der Waals surface area contributed by atoms with Crippen LogP contribution in [-0.2, 0) is 9.53 Å². The zero-order chi connectivity index (χ0) is 14.9. The summed E-state index contributed by atoms with van der Waals surface area (Å²) in [4.78, 5) is 19.4. The van der Waals surface area contributed by atoms with Crippen LogP contribution < -0.4 is 0 Å². The minimum Gasteiger partial charge on any atom is -0.381 e. The molecule has 22 heavy (non-hydrogen) atoms. The van der Waals surface area contributed by atoms with E-state index < -0.39 is 0 Å². The largest absolute Gasteiger partial charge is 0.381 e. The van der Waals surface area contributed by atoms with Gasteiger partial charge in [-0.1, -0.05) is 23.9 Å². The lowest BCUT2D eigenvalue weighted by Crippen LogP contribution is -2.41. The Labute approximate surface area is 137 Å². The molecule has 0 N–H and O–H groups in total. The Morgan fingerprint density at radius 2 is 2.05 bits per heavy atom. The van der Waals surface area contributed by atoms with E-state index in [1.807, 2.05) is 18.2 Å². The third-order valence-electron chi connectivity index (χ3n) is 4.34. The van der Waals surface area contributed by atoms with Gasteiger partial charge in [0, 0.05) is 25.8 Å². The molecule has 2 aromatic rings. The Balaban J connectivity index is 1.46. The molecule has 4 rings (SSSR count). The first kappa shape index (κ1) is 14.5. The zero-order valence-corrected chi connectivity index (χ0v) is 13.9. The first-order valence-electron chi connectivity index (χ1n) is 7.72. The van der Waals surface area contributed by atoms with Crippen molar-refractivity contribution in [1.82, 2.24) is 9.88 Å². The maximum Gasteiger partial charge on any atom is 0.236 e. The molecule has 1 amide bonds. The number of hydrogen-bond donors (Lipinski definition) is 0. The minimum atomic E-state index is 0.0309. The number of hydrogen-bond acceptors (Lipinski definition) is 5. The van der Waals surface area contributed by atoms with Gasteiger partial charge >= 0.3 is 0 Å². The van der Waals surface area contributed by atoms with Crippen LogP contribution in [0.3, 0.4) is 0 Å². The molecule has 1 aromatic heterocycles. The molecular formula is C16H18N2O2S2. The fourth-order valence-electron chi connectivity index (χ4n) is 3.17. The molecule has 1 aromatic carbocycles. The highest BCUT2D eigenvalue weighted by molar-refractivity contribution is 8.02. The fourth-order valence-corrected chi connectivity index (χ4v) is 5.53. The first-order valence-corrected chi connectivity index (χ1v) is 9.41. The molecule has 2 fully saturated rings. The number of nitrogens with zero attached hydrogens (tertiary/aromatic N) is 2. The van der Waals surface area contributed by atoms with E-state index in [1.54, 1.807) is 23.1 Å². The van der Waals surface area contributed by atoms with Gasteiger partial charge in [0.2, 0.25) is 5.91 Å². The van der Waals surface area contributed by atoms with Crippen LogP contribution in [-0.4, -0.2) is 46.8 Å². The number of amides is 1. The Hall–Kier alpha value is -1.11. The average molecular weight is 334 g/mol. The Bertz CT molecular complexity index is 649. The topological polar surface area (TPSA) is 42.4 Å². The molecule has 0 radical (unpaired) electrons. The lowest BCUT2D eigenvalue weighted by molar-refractivity contribution is -0.130. The number of thiazole rings is 1. The molecule has 4 nitrogen and oxygen atoms in total. The van der Waals surface area contributed by atoms with Crippen molar-refractivity contribution in [2.24, 2.45) is 0 Å². The summed E-state index contributed by atoms with van der Waals surface area (Å²) in [6.45, 7) is 2.44. The lowest BCUT2D eigenvalue weighted by Gasteiger charge is -2.31. The van der Waals surface area contributed by atoms with E-state index in [0.29, 0.717) is 6.04 Å². The smallest absolute Gasteiger partial charge is 0.236 e. The quantitative estimate of drug-likeness (QED) is 0.865. The number of likely N-dealkylation sites (tertiary alicyclic amines) is 1. The monoisotopic (exact) mass is 334 g/mol. The van der Waals surface area contributed by atoms with Gasteiger partial charge in [-0.05, 0) is 31.4 Å². The SMILES string of the molecule is O=C1C(Sc2nc3ccccc3s2)CCN1C1CCOCC1. The second kappa shape index (κ2) is 6.18. The maximum atomic E-state index is 12.7. The van der Waals surface area contributed by atoms with Crippen molar-refractivity contribution in [1.29, 1.82) is 0 Å². The van der Waals surface area contributed by atoms with Gasteiger partial charge < -0.3 is 9.64 Å². The zero-order valence-electron chi connectivity index (χ0n) is 12.2. The average Bonchev–Trinajstić information content (AvgIpc) is 3.12. The van der Waals surface area contributed by atoms with E-state index in [1.165, 1.54) is 4.70 Å². The molecular weight excluding hydrogens is 316 g/mol. The Kier molecular flexibility index (Phi) is 4.07. The predicted molar refractivity (Wildman–Crippen MR) is 89.4 cm³/mol. The number of fused-ring (bicyclic) bond motifs is 1. The molecule has 6 heteroatoms. The van der Waals surface area contributed by atoms with E-state index >= 15 is 0 Å². The van der Waals surface area contributed by atoms with Crippen molar-refractivity contribution >= 4 is 39.2 Å². The summed E-state index contributed by atoms with van der Waals surface area (Å²) in [6.07, 6.45) is 2.88. The van der Waals surface area contributed by atoms with Crippen LogP contribution in [0.25, 0.3) is 10.2 Å². The number of carbonyl (C=O) groups is 1. The van der Waals surface area contributed by atoms with Gasteiger partial charge in [-0.15, -0.1) is 11.3 Å². The Morgan fingerprint density at radius 3 is 2.86 bits per heavy atom. The number of rotatable bonds is 3. The maximum absolute atomic E-state index is 12.7. The van der Waals surface area contributed by atoms with Crippen LogP contribution in [0.1, 0.15) is 19.3 Å². The van der Waals surface area contributed by atoms with Crippen molar-refractivity contribution in [3.05, 3.63) is 24.3 Å². The summed E-state index contributed by atoms with van der Waals surface area (Å²) in [5.74, 6) is 0.288. The standard InChI is InChI=1S/C16H18N2O2S2/c19-15-14(5-8-18(15)11-6-9-20-10-7-11)22-16-17-12-3-1-2-4-13(12)21-16/h1-4,11,14H,5-10H2. The molecule has 2 aliphatic heterocycles. The molecule has 1 unspecified atom stereocenters. The van der Waals surface area contributed by atoms with Crippen LogP contribution in [0.4, 0.5) is 0 Å². The van der Waals surface area contributed by atoms with Gasteiger partial charge in [0.05, 0.1) is 15.5 Å². The number of aromatic nitrogens is 1. The lowest BCUT2D eigenvalue weighted by atomic mass is 10.1. The van der Waals surface area contributed by atoms with Crippen molar-refractivity contribution in [2.45, 2.75) is 34.9 Å². The van der Waals surface area contributed by atoms with Gasteiger partial charge in [-0.3, -0.25) is 4.79 Å². The predicted octanol–water partition coefficient (Wildman–Crippen LogP) is 3.17. The summed E-state index contributed by atoms with van der Waals surface area (Å²) >= 11 is 3.32. The normalized spacial score (nSPS) is 23.5. The molecule has 3 heterocycles. The van der Waals surface area contributed by atoms with Crippen LogP contribution in [0.5, 0.6) is 0 Å². The highest BCUT2D eigenvalue weighted by Crippen LogP contribution is 2.36. The number of carbonyl (C=O) groups excluding carboxylic acids is 1. The number of benzene rings is 1. The van der Waals surface area contributed by atoms with Gasteiger partial charge in [-0.25, -0.2) is 4.98 Å². The molecule has 0 spiro atoms. The van der Waals surface area contributed by atoms with E-state index in [9.17, 15) is 4.79 Å². The minimum absolute atomic E-state index is 0.0309. The highest BCUT2D eigenvalue weighted by atomic mass is 32.2. The second-order valence-electron chi connectivity index (χ2n) is 5.72. The van der Waals surface area contributed by atoms with E-state index in [0.717, 1.165) is 48.9 Å². The van der Waals surface area contributed by atoms with Crippen LogP contribution in [0, 0.1) is 0 Å². The Morgan fingerprint density at radius 1 is 1.23 bits per heavy atom. The van der Waals surface area contributed by atoms with Gasteiger partial charge in [-0.2, -0.15) is 0 Å². The molecule has 0 bridgehead atoms. The van der Waals surface area contributed by atoms with Crippen molar-refractivity contribution < 1.29 is 9.53 Å². The summed E-state index contributed by atoms with van der Waals surface area (Å²) in [5.41, 5.74) is 1.03. The number of ether oxygens (including phenoxy) is 1. The molecule has 0 aliphatic carbocycles. The fraction of sp³-hybridized carbons (Fsp3) is 0.500. The van der Waals surface area contributed by atoms with E-state index in [4.69, 9.17) is 4.74 Å². The van der Waals surface area contributed by atoms with E-state index in [-0.39, 0.29) is 11.2 Å². The summed E-state index contributed by atoms with van der Waals surface area (Å²) < 4.78 is 7.60. The third kappa shape index (κ3) is 2.75. The van der Waals surface area contributed by atoms with Crippen LogP contribution >= 0.6 is 23.1 Å². The van der Waals surface area contributed by atoms with Gasteiger partial charge in [0.1, 0.15) is 0 Å². The molecule has 116 valence electrons. The van der Waals surface area contributed by atoms with E-state index in [2.05, 4.69) is 16.0 Å². The molecule has 2 aliphatic rings. The van der Waals surface area contributed by atoms with Crippen molar-refractivity contribution in [3.8, 4) is 0 Å². The molecule has 0 saturated carbocycles.